The maximum absolute atomic E-state index is 12.3. The molecule has 0 bridgehead atoms. The summed E-state index contributed by atoms with van der Waals surface area (Å²) < 4.78 is 15.5. The molecule has 0 fully saturated rings. The molecule has 1 N–H and O–H groups in total. The largest absolute Gasteiger partial charge is 0.493 e. The molecule has 0 aliphatic heterocycles. The normalized spacial score (nSPS) is 11.3. The second-order valence-corrected chi connectivity index (χ2v) is 5.60. The van der Waals surface area contributed by atoms with E-state index in [9.17, 15) is 9.59 Å². The minimum atomic E-state index is -0.423. The molecule has 2 aromatic rings. The first-order valence-electron chi connectivity index (χ1n) is 8.32. The molecule has 0 aliphatic rings. The van der Waals surface area contributed by atoms with E-state index < -0.39 is 11.9 Å². The van der Waals surface area contributed by atoms with Crippen molar-refractivity contribution in [2.24, 2.45) is 0 Å². The van der Waals surface area contributed by atoms with Crippen LogP contribution in [-0.4, -0.2) is 32.7 Å². The van der Waals surface area contributed by atoms with Crippen LogP contribution in [-0.2, 0) is 14.3 Å². The summed E-state index contributed by atoms with van der Waals surface area (Å²) in [5, 5.41) is 2.67. The fraction of sp³-hybridized carbons (Fsp3) is 0.300. The van der Waals surface area contributed by atoms with Crippen molar-refractivity contribution in [3.05, 3.63) is 54.1 Å². The van der Waals surface area contributed by atoms with E-state index in [2.05, 4.69) is 5.32 Å². The molecular weight excluding hydrogens is 334 g/mol. The van der Waals surface area contributed by atoms with Gasteiger partial charge < -0.3 is 19.5 Å². The SMILES string of the molecule is CC[C@@H](C(=O)OCC(=O)Nc1ccc(OC)c(OC)c1)c1ccccc1. The Bertz CT molecular complexity index is 745. The molecule has 0 radical (unpaired) electrons. The predicted octanol–water partition coefficient (Wildman–Crippen LogP) is 3.38. The lowest BCUT2D eigenvalue weighted by Crippen LogP contribution is -2.23. The molecule has 0 aromatic heterocycles. The lowest BCUT2D eigenvalue weighted by atomic mass is 9.97. The lowest BCUT2D eigenvalue weighted by Gasteiger charge is -2.15. The topological polar surface area (TPSA) is 73.9 Å². The van der Waals surface area contributed by atoms with Crippen LogP contribution in [0.2, 0.25) is 0 Å². The second-order valence-electron chi connectivity index (χ2n) is 5.60. The zero-order chi connectivity index (χ0) is 18.9. The minimum Gasteiger partial charge on any atom is -0.493 e. The number of hydrogen-bond acceptors (Lipinski definition) is 5. The highest BCUT2D eigenvalue weighted by atomic mass is 16.5. The smallest absolute Gasteiger partial charge is 0.313 e. The number of esters is 1. The summed E-state index contributed by atoms with van der Waals surface area (Å²) in [7, 11) is 3.05. The molecule has 0 unspecified atom stereocenters. The van der Waals surface area contributed by atoms with Crippen LogP contribution in [0.1, 0.15) is 24.8 Å². The maximum atomic E-state index is 12.3. The Morgan fingerprint density at radius 2 is 1.69 bits per heavy atom. The Balaban J connectivity index is 1.93. The molecule has 2 aromatic carbocycles. The van der Waals surface area contributed by atoms with Gasteiger partial charge in [-0.3, -0.25) is 9.59 Å². The van der Waals surface area contributed by atoms with Crippen LogP contribution in [0.4, 0.5) is 5.69 Å². The van der Waals surface area contributed by atoms with E-state index in [1.807, 2.05) is 37.3 Å². The zero-order valence-electron chi connectivity index (χ0n) is 15.2. The monoisotopic (exact) mass is 357 g/mol. The number of rotatable bonds is 8. The highest BCUT2D eigenvalue weighted by molar-refractivity contribution is 5.93. The van der Waals surface area contributed by atoms with Crippen molar-refractivity contribution in [1.82, 2.24) is 0 Å². The Hall–Kier alpha value is -3.02. The quantitative estimate of drug-likeness (QED) is 0.733. The van der Waals surface area contributed by atoms with Gasteiger partial charge in [-0.2, -0.15) is 0 Å². The van der Waals surface area contributed by atoms with Gasteiger partial charge in [0.15, 0.2) is 18.1 Å². The molecule has 0 saturated heterocycles. The number of ether oxygens (including phenoxy) is 3. The van der Waals surface area contributed by atoms with Crippen molar-refractivity contribution in [2.45, 2.75) is 19.3 Å². The van der Waals surface area contributed by atoms with Crippen molar-refractivity contribution in [2.75, 3.05) is 26.1 Å². The summed E-state index contributed by atoms with van der Waals surface area (Å²) in [6.07, 6.45) is 0.597. The third kappa shape index (κ3) is 4.99. The first-order valence-corrected chi connectivity index (χ1v) is 8.32. The summed E-state index contributed by atoms with van der Waals surface area (Å²) in [6, 6.07) is 14.4. The summed E-state index contributed by atoms with van der Waals surface area (Å²) in [5.41, 5.74) is 1.40. The first kappa shape index (κ1) is 19.3. The second kappa shape index (κ2) is 9.46. The molecule has 1 atom stereocenters. The van der Waals surface area contributed by atoms with Crippen LogP contribution < -0.4 is 14.8 Å². The highest BCUT2D eigenvalue weighted by Gasteiger charge is 2.21. The minimum absolute atomic E-state index is 0.351. The number of amides is 1. The van der Waals surface area contributed by atoms with Crippen molar-refractivity contribution in [1.29, 1.82) is 0 Å². The molecule has 26 heavy (non-hydrogen) atoms. The van der Waals surface area contributed by atoms with E-state index >= 15 is 0 Å². The Labute approximate surface area is 153 Å². The number of nitrogens with one attached hydrogen (secondary N) is 1. The number of hydrogen-bond donors (Lipinski definition) is 1. The number of methoxy groups -OCH3 is 2. The molecular formula is C20H23NO5. The van der Waals surface area contributed by atoms with E-state index in [0.29, 0.717) is 23.6 Å². The molecule has 6 heteroatoms. The molecule has 0 aliphatic carbocycles. The molecule has 6 nitrogen and oxygen atoms in total. The van der Waals surface area contributed by atoms with E-state index in [1.165, 1.54) is 14.2 Å². The Morgan fingerprint density at radius 1 is 1.00 bits per heavy atom. The Kier molecular flexibility index (Phi) is 7.02. The average molecular weight is 357 g/mol. The van der Waals surface area contributed by atoms with Gasteiger partial charge in [0.25, 0.3) is 5.91 Å². The third-order valence-corrected chi connectivity index (χ3v) is 3.91. The van der Waals surface area contributed by atoms with Crippen molar-refractivity contribution in [3.63, 3.8) is 0 Å². The fourth-order valence-electron chi connectivity index (χ4n) is 2.57. The maximum Gasteiger partial charge on any atom is 0.313 e. The van der Waals surface area contributed by atoms with Crippen LogP contribution in [0, 0.1) is 0 Å². The van der Waals surface area contributed by atoms with Crippen LogP contribution in [0.25, 0.3) is 0 Å². The molecule has 2 rings (SSSR count). The molecule has 0 heterocycles. The zero-order valence-corrected chi connectivity index (χ0v) is 15.2. The fourth-order valence-corrected chi connectivity index (χ4v) is 2.57. The van der Waals surface area contributed by atoms with Crippen molar-refractivity contribution >= 4 is 17.6 Å². The van der Waals surface area contributed by atoms with Crippen molar-refractivity contribution in [3.8, 4) is 11.5 Å². The van der Waals surface area contributed by atoms with E-state index in [1.54, 1.807) is 18.2 Å². The van der Waals surface area contributed by atoms with Crippen LogP contribution in [0.15, 0.2) is 48.5 Å². The van der Waals surface area contributed by atoms with Gasteiger partial charge in [-0.1, -0.05) is 37.3 Å². The van der Waals surface area contributed by atoms with Crippen LogP contribution in [0.5, 0.6) is 11.5 Å². The summed E-state index contributed by atoms with van der Waals surface area (Å²) in [6.45, 7) is 1.55. The summed E-state index contributed by atoms with van der Waals surface area (Å²) >= 11 is 0. The summed E-state index contributed by atoms with van der Waals surface area (Å²) in [5.74, 6) is -0.164. The third-order valence-electron chi connectivity index (χ3n) is 3.91. The Morgan fingerprint density at radius 3 is 2.31 bits per heavy atom. The predicted molar refractivity (Wildman–Crippen MR) is 98.6 cm³/mol. The molecule has 1 amide bonds. The first-order chi connectivity index (χ1) is 12.6. The van der Waals surface area contributed by atoms with Gasteiger partial charge in [0.1, 0.15) is 0 Å². The number of anilines is 1. The van der Waals surface area contributed by atoms with Gasteiger partial charge in [0.2, 0.25) is 0 Å². The van der Waals surface area contributed by atoms with Gasteiger partial charge in [-0.15, -0.1) is 0 Å². The van der Waals surface area contributed by atoms with Gasteiger partial charge in [-0.25, -0.2) is 0 Å². The van der Waals surface area contributed by atoms with Crippen molar-refractivity contribution < 1.29 is 23.8 Å². The highest BCUT2D eigenvalue weighted by Crippen LogP contribution is 2.29. The van der Waals surface area contributed by atoms with Crippen LogP contribution >= 0.6 is 0 Å². The van der Waals surface area contributed by atoms with E-state index in [-0.39, 0.29) is 12.5 Å². The molecule has 0 spiro atoms. The standard InChI is InChI=1S/C20H23NO5/c1-4-16(14-8-6-5-7-9-14)20(23)26-13-19(22)21-15-10-11-17(24-2)18(12-15)25-3/h5-12,16H,4,13H2,1-3H3,(H,21,22)/t16-/m1/s1. The van der Waals surface area contributed by atoms with Gasteiger partial charge in [0.05, 0.1) is 20.1 Å². The van der Waals surface area contributed by atoms with Gasteiger partial charge >= 0.3 is 5.97 Å². The molecule has 0 saturated carbocycles. The van der Waals surface area contributed by atoms with E-state index in [0.717, 1.165) is 5.56 Å². The number of carbonyl (C=O) groups is 2. The van der Waals surface area contributed by atoms with Gasteiger partial charge in [0, 0.05) is 11.8 Å². The molecule has 138 valence electrons. The number of benzene rings is 2. The number of carbonyl (C=O) groups excluding carboxylic acids is 2. The summed E-state index contributed by atoms with van der Waals surface area (Å²) in [4.78, 5) is 24.3. The van der Waals surface area contributed by atoms with Crippen LogP contribution in [0.3, 0.4) is 0 Å². The lowest BCUT2D eigenvalue weighted by molar-refractivity contribution is -0.149. The van der Waals surface area contributed by atoms with E-state index in [4.69, 9.17) is 14.2 Å². The average Bonchev–Trinajstić information content (AvgIpc) is 2.67. The van der Waals surface area contributed by atoms with Gasteiger partial charge in [-0.05, 0) is 24.1 Å².